The second-order valence-corrected chi connectivity index (χ2v) is 4.68. The van der Waals surface area contributed by atoms with Gasteiger partial charge >= 0.3 is 0 Å². The molecule has 1 atom stereocenters. The van der Waals surface area contributed by atoms with Gasteiger partial charge in [-0.05, 0) is 12.5 Å². The summed E-state index contributed by atoms with van der Waals surface area (Å²) in [5, 5.41) is 12.5. The fraction of sp³-hybridized carbons (Fsp3) is 0.571. The Bertz CT molecular complexity index is 408. The maximum Gasteiger partial charge on any atom is 0.169 e. The summed E-state index contributed by atoms with van der Waals surface area (Å²) < 4.78 is 19.4. The lowest BCUT2D eigenvalue weighted by Gasteiger charge is -2.35. The first kappa shape index (κ1) is 14.2. The van der Waals surface area contributed by atoms with Crippen LogP contribution >= 0.6 is 0 Å². The smallest absolute Gasteiger partial charge is 0.169 e. The van der Waals surface area contributed by atoms with Crippen LogP contribution in [0.4, 0.5) is 4.39 Å². The highest BCUT2D eigenvalue weighted by molar-refractivity contribution is 5.33. The number of hydrogen-bond acceptors (Lipinski definition) is 4. The average molecular weight is 268 g/mol. The predicted molar refractivity (Wildman–Crippen MR) is 71.8 cm³/mol. The number of nitrogens with one attached hydrogen (secondary N) is 1. The van der Waals surface area contributed by atoms with E-state index in [2.05, 4.69) is 10.2 Å². The molecule has 1 aliphatic heterocycles. The van der Waals surface area contributed by atoms with Gasteiger partial charge in [-0.3, -0.25) is 4.90 Å². The quantitative estimate of drug-likeness (QED) is 0.841. The van der Waals surface area contributed by atoms with E-state index in [1.165, 1.54) is 7.11 Å². The fourth-order valence-corrected chi connectivity index (χ4v) is 2.59. The van der Waals surface area contributed by atoms with E-state index in [0.717, 1.165) is 26.2 Å². The lowest BCUT2D eigenvalue weighted by molar-refractivity contribution is 0.138. The second-order valence-electron chi connectivity index (χ2n) is 4.68. The summed E-state index contributed by atoms with van der Waals surface area (Å²) in [6.45, 7) is 3.56. The summed E-state index contributed by atoms with van der Waals surface area (Å²) in [4.78, 5) is 2.21. The lowest BCUT2D eigenvalue weighted by atomic mass is 10.0. The minimum Gasteiger partial charge on any atom is -0.494 e. The van der Waals surface area contributed by atoms with Crippen LogP contribution in [0.3, 0.4) is 0 Å². The van der Waals surface area contributed by atoms with Gasteiger partial charge in [0, 0.05) is 44.4 Å². The fourth-order valence-electron chi connectivity index (χ4n) is 2.59. The van der Waals surface area contributed by atoms with Gasteiger partial charge in [0.2, 0.25) is 0 Å². The van der Waals surface area contributed by atoms with Crippen LogP contribution in [0.1, 0.15) is 18.0 Å². The van der Waals surface area contributed by atoms with Gasteiger partial charge in [-0.15, -0.1) is 0 Å². The Labute approximate surface area is 113 Å². The Morgan fingerprint density at radius 1 is 1.42 bits per heavy atom. The molecule has 1 saturated heterocycles. The van der Waals surface area contributed by atoms with Crippen molar-refractivity contribution in [2.75, 3.05) is 39.9 Å². The van der Waals surface area contributed by atoms with Gasteiger partial charge in [-0.25, -0.2) is 4.39 Å². The van der Waals surface area contributed by atoms with Crippen LogP contribution in [-0.2, 0) is 0 Å². The summed E-state index contributed by atoms with van der Waals surface area (Å²) in [5.41, 5.74) is 0.607. The highest BCUT2D eigenvalue weighted by Crippen LogP contribution is 2.30. The zero-order valence-electron chi connectivity index (χ0n) is 11.2. The minimum absolute atomic E-state index is 0.0469. The van der Waals surface area contributed by atoms with Crippen LogP contribution in [0, 0.1) is 5.82 Å². The molecule has 1 aromatic carbocycles. The predicted octanol–water partition coefficient (Wildman–Crippen LogP) is 1.16. The molecular formula is C14H21FN2O2. The summed E-state index contributed by atoms with van der Waals surface area (Å²) in [6, 6.07) is 5.10. The maximum absolute atomic E-state index is 14.4. The highest BCUT2D eigenvalue weighted by atomic mass is 19.1. The largest absolute Gasteiger partial charge is 0.494 e. The first-order chi connectivity index (χ1) is 9.27. The van der Waals surface area contributed by atoms with E-state index in [-0.39, 0.29) is 24.2 Å². The first-order valence-electron chi connectivity index (χ1n) is 6.66. The van der Waals surface area contributed by atoms with Crippen molar-refractivity contribution in [3.63, 3.8) is 0 Å². The van der Waals surface area contributed by atoms with E-state index < -0.39 is 0 Å². The summed E-state index contributed by atoms with van der Waals surface area (Å²) in [6.07, 6.45) is 0.532. The number of benzene rings is 1. The Balaban J connectivity index is 2.27. The van der Waals surface area contributed by atoms with Crippen LogP contribution in [0.2, 0.25) is 0 Å². The Kier molecular flexibility index (Phi) is 5.13. The molecule has 0 aromatic heterocycles. The third kappa shape index (κ3) is 3.23. The van der Waals surface area contributed by atoms with Crippen molar-refractivity contribution < 1.29 is 14.2 Å². The number of rotatable bonds is 5. The molecular weight excluding hydrogens is 247 g/mol. The molecule has 1 heterocycles. The van der Waals surface area contributed by atoms with Crippen molar-refractivity contribution in [1.82, 2.24) is 10.2 Å². The highest BCUT2D eigenvalue weighted by Gasteiger charge is 2.25. The molecule has 19 heavy (non-hydrogen) atoms. The molecule has 0 amide bonds. The van der Waals surface area contributed by atoms with Gasteiger partial charge in [-0.1, -0.05) is 12.1 Å². The average Bonchev–Trinajstić information content (AvgIpc) is 2.46. The number of halogens is 1. The summed E-state index contributed by atoms with van der Waals surface area (Å²) in [7, 11) is 1.47. The Morgan fingerprint density at radius 3 is 2.79 bits per heavy atom. The molecule has 5 heteroatoms. The third-order valence-corrected chi connectivity index (χ3v) is 3.57. The number of aliphatic hydroxyl groups excluding tert-OH is 1. The van der Waals surface area contributed by atoms with Crippen molar-refractivity contribution in [1.29, 1.82) is 0 Å². The van der Waals surface area contributed by atoms with Gasteiger partial charge in [-0.2, -0.15) is 0 Å². The SMILES string of the molecule is COc1cccc([C@@H](CCO)N2CCNCC2)c1F. The van der Waals surface area contributed by atoms with Gasteiger partial charge < -0.3 is 15.2 Å². The van der Waals surface area contributed by atoms with Gasteiger partial charge in [0.25, 0.3) is 0 Å². The molecule has 0 aliphatic carbocycles. The van der Waals surface area contributed by atoms with Crippen molar-refractivity contribution in [3.05, 3.63) is 29.6 Å². The number of methoxy groups -OCH3 is 1. The van der Waals surface area contributed by atoms with Crippen LogP contribution in [-0.4, -0.2) is 49.9 Å². The Morgan fingerprint density at radius 2 is 2.16 bits per heavy atom. The van der Waals surface area contributed by atoms with Gasteiger partial charge in [0.1, 0.15) is 0 Å². The normalized spacial score (nSPS) is 18.3. The topological polar surface area (TPSA) is 44.7 Å². The summed E-state index contributed by atoms with van der Waals surface area (Å²) >= 11 is 0. The monoisotopic (exact) mass is 268 g/mol. The Hall–Kier alpha value is -1.17. The van der Waals surface area contributed by atoms with E-state index in [0.29, 0.717) is 12.0 Å². The number of nitrogens with zero attached hydrogens (tertiary/aromatic N) is 1. The summed E-state index contributed by atoms with van der Waals surface area (Å²) in [5.74, 6) is -0.0578. The molecule has 1 aliphatic rings. The third-order valence-electron chi connectivity index (χ3n) is 3.57. The molecule has 1 aromatic rings. The molecule has 1 fully saturated rings. The maximum atomic E-state index is 14.4. The first-order valence-corrected chi connectivity index (χ1v) is 6.66. The minimum atomic E-state index is -0.318. The van der Waals surface area contributed by atoms with Crippen LogP contribution in [0.15, 0.2) is 18.2 Å². The molecule has 2 N–H and O–H groups in total. The molecule has 0 radical (unpaired) electrons. The number of aliphatic hydroxyl groups is 1. The van der Waals surface area contributed by atoms with Crippen molar-refractivity contribution >= 4 is 0 Å². The van der Waals surface area contributed by atoms with Crippen LogP contribution in [0.25, 0.3) is 0 Å². The van der Waals surface area contributed by atoms with Crippen LogP contribution in [0.5, 0.6) is 5.75 Å². The van der Waals surface area contributed by atoms with Crippen molar-refractivity contribution in [3.8, 4) is 5.75 Å². The zero-order valence-corrected chi connectivity index (χ0v) is 11.2. The van der Waals surface area contributed by atoms with E-state index in [1.807, 2.05) is 0 Å². The molecule has 0 saturated carbocycles. The van der Waals surface area contributed by atoms with E-state index in [1.54, 1.807) is 18.2 Å². The molecule has 106 valence electrons. The number of ether oxygens (including phenoxy) is 1. The lowest BCUT2D eigenvalue weighted by Crippen LogP contribution is -2.45. The van der Waals surface area contributed by atoms with E-state index in [9.17, 15) is 9.50 Å². The molecule has 4 nitrogen and oxygen atoms in total. The zero-order chi connectivity index (χ0) is 13.7. The van der Waals surface area contributed by atoms with Crippen molar-refractivity contribution in [2.24, 2.45) is 0 Å². The van der Waals surface area contributed by atoms with E-state index in [4.69, 9.17) is 4.74 Å². The molecule has 0 bridgehead atoms. The van der Waals surface area contributed by atoms with Crippen LogP contribution < -0.4 is 10.1 Å². The van der Waals surface area contributed by atoms with Crippen molar-refractivity contribution in [2.45, 2.75) is 12.5 Å². The second kappa shape index (κ2) is 6.84. The molecule has 2 rings (SSSR count). The number of piperazine rings is 1. The van der Waals surface area contributed by atoms with Gasteiger partial charge in [0.15, 0.2) is 11.6 Å². The number of hydrogen-bond donors (Lipinski definition) is 2. The standard InChI is InChI=1S/C14H21FN2O2/c1-19-13-4-2-3-11(14(13)15)12(5-10-18)17-8-6-16-7-9-17/h2-4,12,16,18H,5-10H2,1H3/t12-/m1/s1. The van der Waals surface area contributed by atoms with E-state index >= 15 is 0 Å². The molecule has 0 spiro atoms. The van der Waals surface area contributed by atoms with Gasteiger partial charge in [0.05, 0.1) is 7.11 Å². The molecule has 0 unspecified atom stereocenters.